The van der Waals surface area contributed by atoms with Crippen LogP contribution < -0.4 is 5.32 Å². The topological polar surface area (TPSA) is 69.6 Å². The maximum atomic E-state index is 12.5. The van der Waals surface area contributed by atoms with E-state index in [9.17, 15) is 13.5 Å². The summed E-state index contributed by atoms with van der Waals surface area (Å²) in [5, 5.41) is 12.8. The van der Waals surface area contributed by atoms with E-state index in [0.717, 1.165) is 0 Å². The highest BCUT2D eigenvalue weighted by Gasteiger charge is 2.27. The number of nitrogens with zero attached hydrogens (tertiary/aromatic N) is 1. The zero-order valence-electron chi connectivity index (χ0n) is 11.8. The molecule has 0 spiro atoms. The van der Waals surface area contributed by atoms with Gasteiger partial charge in [0.05, 0.1) is 11.3 Å². The highest BCUT2D eigenvalue weighted by Crippen LogP contribution is 2.24. The number of hydrogen-bond acceptors (Lipinski definition) is 4. The van der Waals surface area contributed by atoms with Gasteiger partial charge in [-0.15, -0.1) is 0 Å². The van der Waals surface area contributed by atoms with Crippen LogP contribution in [0.4, 0.5) is 5.69 Å². The number of para-hydroxylation sites is 1. The Morgan fingerprint density at radius 3 is 2.42 bits per heavy atom. The lowest BCUT2D eigenvalue weighted by atomic mass is 10.1. The van der Waals surface area contributed by atoms with Gasteiger partial charge in [0.1, 0.15) is 4.90 Å². The number of likely N-dealkylation sites (N-methyl/N-ethyl adjacent to an activating group) is 1. The summed E-state index contributed by atoms with van der Waals surface area (Å²) in [5.74, 6) is 0. The van der Waals surface area contributed by atoms with E-state index in [1.54, 1.807) is 38.1 Å². The van der Waals surface area contributed by atoms with Gasteiger partial charge in [0.2, 0.25) is 10.0 Å². The van der Waals surface area contributed by atoms with Crippen LogP contribution in [0.5, 0.6) is 0 Å². The summed E-state index contributed by atoms with van der Waals surface area (Å²) in [5.41, 5.74) is -0.498. The van der Waals surface area contributed by atoms with Crippen molar-refractivity contribution < 1.29 is 13.5 Å². The normalized spacial score (nSPS) is 12.7. The average molecular weight is 286 g/mol. The predicted octanol–water partition coefficient (Wildman–Crippen LogP) is 1.51. The number of sulfonamides is 1. The van der Waals surface area contributed by atoms with Crippen molar-refractivity contribution in [3.63, 3.8) is 0 Å². The Hall–Kier alpha value is -1.11. The van der Waals surface area contributed by atoms with Crippen LogP contribution in [-0.2, 0) is 10.0 Å². The Kier molecular flexibility index (Phi) is 4.95. The summed E-state index contributed by atoms with van der Waals surface area (Å²) in [6, 6.07) is 6.77. The van der Waals surface area contributed by atoms with Gasteiger partial charge >= 0.3 is 0 Å². The van der Waals surface area contributed by atoms with Gasteiger partial charge in [0.25, 0.3) is 0 Å². The van der Waals surface area contributed by atoms with Gasteiger partial charge in [-0.25, -0.2) is 8.42 Å². The molecule has 0 radical (unpaired) electrons. The molecule has 0 saturated heterocycles. The Bertz CT molecular complexity index is 521. The lowest BCUT2D eigenvalue weighted by Crippen LogP contribution is -2.39. The number of rotatable bonds is 6. The lowest BCUT2D eigenvalue weighted by molar-refractivity contribution is 0.0640. The molecular weight excluding hydrogens is 264 g/mol. The van der Waals surface area contributed by atoms with Crippen LogP contribution >= 0.6 is 0 Å². The van der Waals surface area contributed by atoms with Crippen LogP contribution in [0.15, 0.2) is 29.2 Å². The fraction of sp³-hybridized carbons (Fsp3) is 0.538. The summed E-state index contributed by atoms with van der Waals surface area (Å²) < 4.78 is 26.1. The Morgan fingerprint density at radius 1 is 1.32 bits per heavy atom. The minimum atomic E-state index is -3.61. The van der Waals surface area contributed by atoms with Crippen molar-refractivity contribution in [2.45, 2.75) is 31.3 Å². The van der Waals surface area contributed by atoms with Gasteiger partial charge in [-0.05, 0) is 32.9 Å². The van der Waals surface area contributed by atoms with Gasteiger partial charge in [-0.2, -0.15) is 4.31 Å². The summed E-state index contributed by atoms with van der Waals surface area (Å²) in [6.45, 7) is 5.74. The van der Waals surface area contributed by atoms with Crippen molar-refractivity contribution in [1.82, 2.24) is 4.31 Å². The van der Waals surface area contributed by atoms with Gasteiger partial charge in [-0.3, -0.25) is 0 Å². The first kappa shape index (κ1) is 15.9. The first-order valence-corrected chi connectivity index (χ1v) is 7.64. The van der Waals surface area contributed by atoms with Crippen molar-refractivity contribution in [1.29, 1.82) is 0 Å². The molecule has 2 N–H and O–H groups in total. The number of anilines is 1. The zero-order chi connectivity index (χ0) is 14.7. The number of benzene rings is 1. The molecule has 0 bridgehead atoms. The molecule has 0 atom stereocenters. The quantitative estimate of drug-likeness (QED) is 0.831. The maximum absolute atomic E-state index is 12.5. The van der Waals surface area contributed by atoms with E-state index in [1.165, 1.54) is 11.4 Å². The van der Waals surface area contributed by atoms with Crippen LogP contribution in [0.2, 0.25) is 0 Å². The molecule has 0 saturated carbocycles. The second-order valence-electron chi connectivity index (χ2n) is 5.10. The van der Waals surface area contributed by atoms with E-state index in [4.69, 9.17) is 0 Å². The molecule has 0 aromatic heterocycles. The van der Waals surface area contributed by atoms with E-state index in [2.05, 4.69) is 5.32 Å². The summed E-state index contributed by atoms with van der Waals surface area (Å²) in [7, 11) is -2.15. The molecule has 0 aliphatic rings. The van der Waals surface area contributed by atoms with Gasteiger partial charge < -0.3 is 10.4 Å². The van der Waals surface area contributed by atoms with E-state index in [1.807, 2.05) is 6.92 Å². The lowest BCUT2D eigenvalue weighted by Gasteiger charge is -2.25. The molecule has 0 heterocycles. The van der Waals surface area contributed by atoms with Crippen LogP contribution in [0, 0.1) is 0 Å². The Labute approximate surface area is 115 Å². The standard InChI is InChI=1S/C13H22N2O3S/c1-5-14-11-8-6-7-9-12(11)19(17,18)15(4)10-13(2,3)16/h6-9,14,16H,5,10H2,1-4H3. The molecule has 19 heavy (non-hydrogen) atoms. The van der Waals surface area contributed by atoms with Gasteiger partial charge in [0.15, 0.2) is 0 Å². The summed E-state index contributed by atoms with van der Waals surface area (Å²) in [6.07, 6.45) is 0. The van der Waals surface area contributed by atoms with E-state index < -0.39 is 15.6 Å². The third-order valence-corrected chi connectivity index (χ3v) is 4.41. The second-order valence-corrected chi connectivity index (χ2v) is 7.11. The first-order valence-electron chi connectivity index (χ1n) is 6.20. The molecule has 6 heteroatoms. The molecular formula is C13H22N2O3S. The van der Waals surface area contributed by atoms with Crippen molar-refractivity contribution in [2.24, 2.45) is 0 Å². The summed E-state index contributed by atoms with van der Waals surface area (Å²) in [4.78, 5) is 0.226. The van der Waals surface area contributed by atoms with Gasteiger partial charge in [0, 0.05) is 20.1 Å². The van der Waals surface area contributed by atoms with E-state index in [0.29, 0.717) is 12.2 Å². The minimum Gasteiger partial charge on any atom is -0.389 e. The third-order valence-electron chi connectivity index (χ3n) is 2.55. The molecule has 0 aliphatic carbocycles. The fourth-order valence-corrected chi connectivity index (χ4v) is 3.32. The van der Waals surface area contributed by atoms with Crippen LogP contribution in [0.1, 0.15) is 20.8 Å². The van der Waals surface area contributed by atoms with Crippen LogP contribution in [0.3, 0.4) is 0 Å². The van der Waals surface area contributed by atoms with Gasteiger partial charge in [-0.1, -0.05) is 12.1 Å². The molecule has 108 valence electrons. The maximum Gasteiger partial charge on any atom is 0.244 e. The minimum absolute atomic E-state index is 0.0375. The number of nitrogens with one attached hydrogen (secondary N) is 1. The van der Waals surface area contributed by atoms with E-state index in [-0.39, 0.29) is 11.4 Å². The van der Waals surface area contributed by atoms with Crippen molar-refractivity contribution in [3.8, 4) is 0 Å². The Balaban J connectivity index is 3.13. The predicted molar refractivity (Wildman–Crippen MR) is 76.7 cm³/mol. The van der Waals surface area contributed by atoms with Crippen LogP contribution in [0.25, 0.3) is 0 Å². The largest absolute Gasteiger partial charge is 0.389 e. The molecule has 1 aromatic carbocycles. The molecule has 1 aromatic rings. The highest BCUT2D eigenvalue weighted by atomic mass is 32.2. The van der Waals surface area contributed by atoms with E-state index >= 15 is 0 Å². The molecule has 0 fully saturated rings. The smallest absolute Gasteiger partial charge is 0.244 e. The monoisotopic (exact) mass is 286 g/mol. The summed E-state index contributed by atoms with van der Waals surface area (Å²) >= 11 is 0. The average Bonchev–Trinajstić information content (AvgIpc) is 2.27. The highest BCUT2D eigenvalue weighted by molar-refractivity contribution is 7.89. The van der Waals surface area contributed by atoms with Crippen molar-refractivity contribution in [2.75, 3.05) is 25.5 Å². The van der Waals surface area contributed by atoms with Crippen molar-refractivity contribution in [3.05, 3.63) is 24.3 Å². The molecule has 0 aliphatic heterocycles. The molecule has 5 nitrogen and oxygen atoms in total. The third kappa shape index (κ3) is 4.19. The Morgan fingerprint density at radius 2 is 1.89 bits per heavy atom. The second kappa shape index (κ2) is 5.90. The zero-order valence-corrected chi connectivity index (χ0v) is 12.7. The van der Waals surface area contributed by atoms with Crippen molar-refractivity contribution >= 4 is 15.7 Å². The first-order chi connectivity index (χ1) is 8.68. The molecule has 0 amide bonds. The molecule has 0 unspecified atom stereocenters. The number of aliphatic hydroxyl groups is 1. The SMILES string of the molecule is CCNc1ccccc1S(=O)(=O)N(C)CC(C)(C)O. The fourth-order valence-electron chi connectivity index (χ4n) is 1.83. The number of hydrogen-bond donors (Lipinski definition) is 2. The molecule has 1 rings (SSSR count). The van der Waals surface area contributed by atoms with Crippen LogP contribution in [-0.4, -0.2) is 43.6 Å².